The molecule has 1 aliphatic rings. The fourth-order valence-corrected chi connectivity index (χ4v) is 4.75. The van der Waals surface area contributed by atoms with Gasteiger partial charge in [0.25, 0.3) is 0 Å². The second-order valence-corrected chi connectivity index (χ2v) is 9.33. The maximum absolute atomic E-state index is 12.9. The Morgan fingerprint density at radius 2 is 1.96 bits per heavy atom. The molecule has 1 aromatic rings. The van der Waals surface area contributed by atoms with Crippen LogP contribution in [0, 0.1) is 11.8 Å². The molecule has 3 N–H and O–H groups in total. The van der Waals surface area contributed by atoms with E-state index in [0.29, 0.717) is 12.2 Å². The summed E-state index contributed by atoms with van der Waals surface area (Å²) in [5, 5.41) is 29.3. The van der Waals surface area contributed by atoms with E-state index < -0.39 is 33.2 Å². The van der Waals surface area contributed by atoms with Gasteiger partial charge in [0.2, 0.25) is 10.0 Å². The molecule has 0 saturated carbocycles. The summed E-state index contributed by atoms with van der Waals surface area (Å²) in [6.07, 6.45) is 0.561. The van der Waals surface area contributed by atoms with Gasteiger partial charge in [-0.05, 0) is 57.9 Å². The number of carboxylic acid groups (broad SMARTS) is 1. The minimum Gasteiger partial charge on any atom is -0.481 e. The van der Waals surface area contributed by atoms with E-state index in [2.05, 4.69) is 11.8 Å². The molecule has 28 heavy (non-hydrogen) atoms. The molecule has 0 radical (unpaired) electrons. The second-order valence-electron chi connectivity index (χ2n) is 7.44. The van der Waals surface area contributed by atoms with Gasteiger partial charge >= 0.3 is 5.97 Å². The van der Waals surface area contributed by atoms with Crippen molar-refractivity contribution in [3.8, 4) is 17.6 Å². The van der Waals surface area contributed by atoms with Gasteiger partial charge in [-0.25, -0.2) is 8.42 Å². The molecule has 1 aromatic carbocycles. The topological polar surface area (TPSA) is 124 Å². The highest BCUT2D eigenvalue weighted by Gasteiger charge is 2.49. The van der Waals surface area contributed by atoms with Crippen molar-refractivity contribution < 1.29 is 33.3 Å². The SMILES string of the molecule is CC(C)(O)C#CCOc1ccc(S(=O)(=O)N2CCCC(C)(O)C2C(=O)O)cc1. The first-order chi connectivity index (χ1) is 12.8. The first-order valence-electron chi connectivity index (χ1n) is 8.77. The van der Waals surface area contributed by atoms with Crippen molar-refractivity contribution in [3.63, 3.8) is 0 Å². The minimum atomic E-state index is -4.11. The Hall–Kier alpha value is -2.12. The summed E-state index contributed by atoms with van der Waals surface area (Å²) in [6.45, 7) is 4.45. The van der Waals surface area contributed by atoms with Crippen LogP contribution >= 0.6 is 0 Å². The number of hydrogen-bond acceptors (Lipinski definition) is 6. The minimum absolute atomic E-state index is 0.0141. The summed E-state index contributed by atoms with van der Waals surface area (Å²) in [6, 6.07) is 3.96. The number of nitrogens with zero attached hydrogens (tertiary/aromatic N) is 1. The molecule has 1 aliphatic heterocycles. The molecule has 9 heteroatoms. The van der Waals surface area contributed by atoms with Crippen LogP contribution in [0.5, 0.6) is 5.75 Å². The highest BCUT2D eigenvalue weighted by atomic mass is 32.2. The fourth-order valence-electron chi connectivity index (χ4n) is 3.03. The van der Waals surface area contributed by atoms with Crippen molar-refractivity contribution in [2.24, 2.45) is 0 Å². The Labute approximate surface area is 164 Å². The maximum Gasteiger partial charge on any atom is 0.325 e. The standard InChI is InChI=1S/C19H25NO7S/c1-18(2,23)10-5-13-27-14-6-8-15(9-7-14)28(25,26)20-12-4-11-19(3,24)16(20)17(21)22/h6-9,16,23-24H,4,11-13H2,1-3H3,(H,21,22). The van der Waals surface area contributed by atoms with Crippen molar-refractivity contribution in [1.82, 2.24) is 4.31 Å². The Bertz CT molecular complexity index is 874. The predicted molar refractivity (Wildman–Crippen MR) is 101 cm³/mol. The quantitative estimate of drug-likeness (QED) is 0.613. The molecule has 1 heterocycles. The van der Waals surface area contributed by atoms with Crippen LogP contribution in [0.2, 0.25) is 0 Å². The third-order valence-electron chi connectivity index (χ3n) is 4.31. The number of piperidine rings is 1. The van der Waals surface area contributed by atoms with Crippen LogP contribution < -0.4 is 4.74 Å². The molecule has 2 unspecified atom stereocenters. The Balaban J connectivity index is 2.19. The summed E-state index contributed by atoms with van der Waals surface area (Å²) >= 11 is 0. The van der Waals surface area contributed by atoms with Crippen LogP contribution in [0.4, 0.5) is 0 Å². The lowest BCUT2D eigenvalue weighted by Gasteiger charge is -2.41. The number of aliphatic carboxylic acids is 1. The van der Waals surface area contributed by atoms with Crippen LogP contribution in [0.15, 0.2) is 29.2 Å². The second kappa shape index (κ2) is 8.09. The largest absolute Gasteiger partial charge is 0.481 e. The number of rotatable bonds is 5. The summed E-state index contributed by atoms with van der Waals surface area (Å²) in [5.41, 5.74) is -2.78. The zero-order chi connectivity index (χ0) is 21.2. The van der Waals surface area contributed by atoms with Crippen LogP contribution in [0.1, 0.15) is 33.6 Å². The molecule has 0 spiro atoms. The van der Waals surface area contributed by atoms with Gasteiger partial charge in [0.15, 0.2) is 6.04 Å². The first kappa shape index (κ1) is 22.2. The molecule has 154 valence electrons. The van der Waals surface area contributed by atoms with Crippen LogP contribution in [-0.4, -0.2) is 64.4 Å². The number of benzene rings is 1. The highest BCUT2D eigenvalue weighted by Crippen LogP contribution is 2.32. The lowest BCUT2D eigenvalue weighted by atomic mass is 9.88. The van der Waals surface area contributed by atoms with Crippen LogP contribution in [0.25, 0.3) is 0 Å². The number of sulfonamides is 1. The molecule has 1 fully saturated rings. The molecule has 0 amide bonds. The van der Waals surface area contributed by atoms with Crippen molar-refractivity contribution in [1.29, 1.82) is 0 Å². The molecule has 2 atom stereocenters. The van der Waals surface area contributed by atoms with E-state index in [1.807, 2.05) is 0 Å². The number of hydrogen-bond donors (Lipinski definition) is 3. The van der Waals surface area contributed by atoms with Crippen molar-refractivity contribution >= 4 is 16.0 Å². The molecular weight excluding hydrogens is 386 g/mol. The molecular formula is C19H25NO7S. The average Bonchev–Trinajstić information content (AvgIpc) is 2.57. The third kappa shape index (κ3) is 5.23. The third-order valence-corrected chi connectivity index (χ3v) is 6.19. The fraction of sp³-hybridized carbons (Fsp3) is 0.526. The summed E-state index contributed by atoms with van der Waals surface area (Å²) in [7, 11) is -4.11. The molecule has 0 aromatic heterocycles. The van der Waals surface area contributed by atoms with E-state index in [-0.39, 0.29) is 24.5 Å². The number of ether oxygens (including phenoxy) is 1. The highest BCUT2D eigenvalue weighted by molar-refractivity contribution is 7.89. The maximum atomic E-state index is 12.9. The monoisotopic (exact) mass is 411 g/mol. The molecule has 1 saturated heterocycles. The zero-order valence-corrected chi connectivity index (χ0v) is 16.9. The summed E-state index contributed by atoms with van der Waals surface area (Å²) in [5.74, 6) is 4.24. The summed E-state index contributed by atoms with van der Waals surface area (Å²) < 4.78 is 32.1. The Morgan fingerprint density at radius 1 is 1.36 bits per heavy atom. The average molecular weight is 411 g/mol. The molecule has 0 aliphatic carbocycles. The van der Waals surface area contributed by atoms with E-state index >= 15 is 0 Å². The van der Waals surface area contributed by atoms with Crippen molar-refractivity contribution in [3.05, 3.63) is 24.3 Å². The Kier molecular flexibility index (Phi) is 6.41. The van der Waals surface area contributed by atoms with E-state index in [1.54, 1.807) is 13.8 Å². The predicted octanol–water partition coefficient (Wildman–Crippen LogP) is 0.828. The van der Waals surface area contributed by atoms with Gasteiger partial charge in [-0.2, -0.15) is 4.31 Å². The van der Waals surface area contributed by atoms with Gasteiger partial charge in [-0.1, -0.05) is 11.8 Å². The van der Waals surface area contributed by atoms with E-state index in [1.165, 1.54) is 31.2 Å². The summed E-state index contributed by atoms with van der Waals surface area (Å²) in [4.78, 5) is 11.5. The van der Waals surface area contributed by atoms with Gasteiger partial charge in [-0.3, -0.25) is 4.79 Å². The normalized spacial score (nSPS) is 23.5. The van der Waals surface area contributed by atoms with Gasteiger partial charge < -0.3 is 20.1 Å². The zero-order valence-electron chi connectivity index (χ0n) is 16.0. The van der Waals surface area contributed by atoms with Gasteiger partial charge in [0.05, 0.1) is 10.5 Å². The first-order valence-corrected chi connectivity index (χ1v) is 10.2. The van der Waals surface area contributed by atoms with Crippen LogP contribution in [0.3, 0.4) is 0 Å². The van der Waals surface area contributed by atoms with Crippen molar-refractivity contribution in [2.75, 3.05) is 13.2 Å². The molecule has 8 nitrogen and oxygen atoms in total. The van der Waals surface area contributed by atoms with Crippen molar-refractivity contribution in [2.45, 2.75) is 55.8 Å². The van der Waals surface area contributed by atoms with E-state index in [9.17, 15) is 28.5 Å². The van der Waals surface area contributed by atoms with Gasteiger partial charge in [-0.15, -0.1) is 0 Å². The smallest absolute Gasteiger partial charge is 0.325 e. The lowest BCUT2D eigenvalue weighted by Crippen LogP contribution is -2.60. The molecule has 2 rings (SSSR count). The Morgan fingerprint density at radius 3 is 2.50 bits per heavy atom. The van der Waals surface area contributed by atoms with E-state index in [0.717, 1.165) is 4.31 Å². The number of carbonyl (C=O) groups is 1. The van der Waals surface area contributed by atoms with E-state index in [4.69, 9.17) is 4.74 Å². The van der Waals surface area contributed by atoms with Crippen LogP contribution in [-0.2, 0) is 14.8 Å². The van der Waals surface area contributed by atoms with Gasteiger partial charge in [0.1, 0.15) is 18.0 Å². The lowest BCUT2D eigenvalue weighted by molar-refractivity contribution is -0.153. The van der Waals surface area contributed by atoms with Gasteiger partial charge in [0, 0.05) is 6.54 Å². The molecule has 0 bridgehead atoms. The number of carboxylic acids is 1. The number of aliphatic hydroxyl groups is 2.